The summed E-state index contributed by atoms with van der Waals surface area (Å²) in [5, 5.41) is 0. The minimum absolute atomic E-state index is 0.233. The van der Waals surface area contributed by atoms with Crippen LogP contribution in [0.1, 0.15) is 16.7 Å². The zero-order valence-electron chi connectivity index (χ0n) is 9.12. The maximum absolute atomic E-state index is 11.8. The maximum Gasteiger partial charge on any atom is 0.179 e. The lowest BCUT2D eigenvalue weighted by molar-refractivity contribution is 0.410. The van der Waals surface area contributed by atoms with Gasteiger partial charge in [0.15, 0.2) is 9.84 Å². The molecule has 0 aliphatic carbocycles. The Bertz CT molecular complexity index is 515. The summed E-state index contributed by atoms with van der Waals surface area (Å²) in [7, 11) is -1.43. The lowest BCUT2D eigenvalue weighted by Crippen LogP contribution is -2.02. The number of benzene rings is 1. The molecule has 4 heteroatoms. The van der Waals surface area contributed by atoms with Gasteiger partial charge in [-0.25, -0.2) is 8.42 Å². The Morgan fingerprint density at radius 2 is 2.00 bits per heavy atom. The molecular weight excluding hydrogens is 212 g/mol. The van der Waals surface area contributed by atoms with Gasteiger partial charge in [0.1, 0.15) is 5.75 Å². The second kappa shape index (κ2) is 3.23. The third-order valence-electron chi connectivity index (χ3n) is 2.95. The van der Waals surface area contributed by atoms with E-state index in [1.807, 2.05) is 13.8 Å². The summed E-state index contributed by atoms with van der Waals surface area (Å²) in [5.41, 5.74) is 2.69. The van der Waals surface area contributed by atoms with E-state index in [0.717, 1.165) is 22.4 Å². The van der Waals surface area contributed by atoms with E-state index in [4.69, 9.17) is 4.74 Å². The van der Waals surface area contributed by atoms with Crippen molar-refractivity contribution in [1.82, 2.24) is 0 Å². The fraction of sp³-hybridized carbons (Fsp3) is 0.455. The summed E-state index contributed by atoms with van der Waals surface area (Å²) in [6.07, 6.45) is 0.613. The summed E-state index contributed by atoms with van der Waals surface area (Å²) >= 11 is 0. The highest BCUT2D eigenvalue weighted by atomic mass is 32.2. The van der Waals surface area contributed by atoms with Gasteiger partial charge in [0.2, 0.25) is 0 Å². The Morgan fingerprint density at radius 1 is 1.33 bits per heavy atom. The molecule has 1 aromatic carbocycles. The summed E-state index contributed by atoms with van der Waals surface area (Å²) in [5.74, 6) is 1.01. The molecule has 1 aliphatic rings. The number of rotatable bonds is 1. The summed E-state index contributed by atoms with van der Waals surface area (Å²) < 4.78 is 28.8. The predicted octanol–water partition coefficient (Wildman–Crippen LogP) is 1.64. The third kappa shape index (κ3) is 1.44. The second-order valence-electron chi connectivity index (χ2n) is 3.90. The SMILES string of the molecule is COc1cc(C)c2c(c1C)CCS2(=O)=O. The molecule has 1 aromatic rings. The molecule has 0 saturated carbocycles. The van der Waals surface area contributed by atoms with Crippen molar-refractivity contribution in [3.8, 4) is 5.75 Å². The molecule has 0 aromatic heterocycles. The summed E-state index contributed by atoms with van der Waals surface area (Å²) in [4.78, 5) is 0.529. The van der Waals surface area contributed by atoms with Crippen LogP contribution >= 0.6 is 0 Å². The Hall–Kier alpha value is -1.03. The van der Waals surface area contributed by atoms with Gasteiger partial charge < -0.3 is 4.74 Å². The number of ether oxygens (including phenoxy) is 1. The van der Waals surface area contributed by atoms with Crippen LogP contribution in [0.4, 0.5) is 0 Å². The normalized spacial score (nSPS) is 17.5. The van der Waals surface area contributed by atoms with E-state index in [1.54, 1.807) is 13.2 Å². The fourth-order valence-corrected chi connectivity index (χ4v) is 4.07. The van der Waals surface area contributed by atoms with Crippen LogP contribution in [-0.4, -0.2) is 21.3 Å². The highest BCUT2D eigenvalue weighted by molar-refractivity contribution is 7.91. The molecule has 0 unspecified atom stereocenters. The van der Waals surface area contributed by atoms with Crippen LogP contribution in [0, 0.1) is 13.8 Å². The maximum atomic E-state index is 11.8. The number of methoxy groups -OCH3 is 1. The van der Waals surface area contributed by atoms with Crippen LogP contribution in [0.25, 0.3) is 0 Å². The monoisotopic (exact) mass is 226 g/mol. The topological polar surface area (TPSA) is 43.4 Å². The summed E-state index contributed by atoms with van der Waals surface area (Å²) in [6, 6.07) is 1.80. The first-order chi connectivity index (χ1) is 6.97. The van der Waals surface area contributed by atoms with E-state index in [-0.39, 0.29) is 5.75 Å². The molecule has 0 saturated heterocycles. The van der Waals surface area contributed by atoms with Crippen molar-refractivity contribution < 1.29 is 13.2 Å². The molecular formula is C11H14O3S. The summed E-state index contributed by atoms with van der Waals surface area (Å²) in [6.45, 7) is 3.74. The number of hydrogen-bond acceptors (Lipinski definition) is 3. The molecule has 3 nitrogen and oxygen atoms in total. The zero-order chi connectivity index (χ0) is 11.2. The van der Waals surface area contributed by atoms with Crippen LogP contribution in [0.15, 0.2) is 11.0 Å². The van der Waals surface area contributed by atoms with Crippen molar-refractivity contribution in [2.24, 2.45) is 0 Å². The minimum Gasteiger partial charge on any atom is -0.496 e. The van der Waals surface area contributed by atoms with E-state index < -0.39 is 9.84 Å². The van der Waals surface area contributed by atoms with Gasteiger partial charge in [-0.1, -0.05) is 0 Å². The van der Waals surface area contributed by atoms with E-state index in [1.165, 1.54) is 0 Å². The van der Waals surface area contributed by atoms with E-state index in [2.05, 4.69) is 0 Å². The Morgan fingerprint density at radius 3 is 2.60 bits per heavy atom. The molecule has 82 valence electrons. The first kappa shape index (κ1) is 10.5. The highest BCUT2D eigenvalue weighted by Gasteiger charge is 2.30. The van der Waals surface area contributed by atoms with Gasteiger partial charge in [0, 0.05) is 0 Å². The average Bonchev–Trinajstić information content (AvgIpc) is 2.49. The molecule has 0 bridgehead atoms. The van der Waals surface area contributed by atoms with Crippen molar-refractivity contribution in [3.63, 3.8) is 0 Å². The average molecular weight is 226 g/mol. The number of hydrogen-bond donors (Lipinski definition) is 0. The number of sulfone groups is 1. The molecule has 0 atom stereocenters. The smallest absolute Gasteiger partial charge is 0.179 e. The van der Waals surface area contributed by atoms with Crippen molar-refractivity contribution in [1.29, 1.82) is 0 Å². The fourth-order valence-electron chi connectivity index (χ4n) is 2.21. The molecule has 0 fully saturated rings. The standard InChI is InChI=1S/C11H14O3S/c1-7-6-10(14-3)8(2)9-4-5-15(12,13)11(7)9/h6H,4-5H2,1-3H3. The van der Waals surface area contributed by atoms with E-state index in [0.29, 0.717) is 11.3 Å². The van der Waals surface area contributed by atoms with E-state index >= 15 is 0 Å². The van der Waals surface area contributed by atoms with Gasteiger partial charge in [-0.05, 0) is 43.0 Å². The molecule has 1 heterocycles. The Balaban J connectivity index is 2.80. The quantitative estimate of drug-likeness (QED) is 0.731. The minimum atomic E-state index is -3.04. The first-order valence-corrected chi connectivity index (χ1v) is 6.52. The molecule has 0 amide bonds. The van der Waals surface area contributed by atoms with Crippen LogP contribution in [0.2, 0.25) is 0 Å². The highest BCUT2D eigenvalue weighted by Crippen LogP contribution is 2.36. The number of fused-ring (bicyclic) bond motifs is 1. The lowest BCUT2D eigenvalue weighted by Gasteiger charge is -2.11. The Labute approximate surface area is 90.0 Å². The predicted molar refractivity (Wildman–Crippen MR) is 58.2 cm³/mol. The Kier molecular flexibility index (Phi) is 2.26. The lowest BCUT2D eigenvalue weighted by atomic mass is 10.0. The van der Waals surface area contributed by atoms with Crippen LogP contribution in [-0.2, 0) is 16.3 Å². The van der Waals surface area contributed by atoms with Crippen molar-refractivity contribution in [2.45, 2.75) is 25.2 Å². The van der Waals surface area contributed by atoms with E-state index in [9.17, 15) is 8.42 Å². The first-order valence-electron chi connectivity index (χ1n) is 4.87. The molecule has 0 radical (unpaired) electrons. The number of aryl methyl sites for hydroxylation is 1. The molecule has 0 spiro atoms. The van der Waals surface area contributed by atoms with Crippen LogP contribution in [0.3, 0.4) is 0 Å². The van der Waals surface area contributed by atoms with Gasteiger partial charge in [0.05, 0.1) is 17.8 Å². The molecule has 0 N–H and O–H groups in total. The van der Waals surface area contributed by atoms with Crippen LogP contribution in [0.5, 0.6) is 5.75 Å². The van der Waals surface area contributed by atoms with Gasteiger partial charge in [-0.15, -0.1) is 0 Å². The largest absolute Gasteiger partial charge is 0.496 e. The zero-order valence-corrected chi connectivity index (χ0v) is 9.94. The van der Waals surface area contributed by atoms with Crippen molar-refractivity contribution in [2.75, 3.05) is 12.9 Å². The molecule has 15 heavy (non-hydrogen) atoms. The second-order valence-corrected chi connectivity index (χ2v) is 5.94. The van der Waals surface area contributed by atoms with Crippen LogP contribution < -0.4 is 4.74 Å². The molecule has 1 aliphatic heterocycles. The third-order valence-corrected chi connectivity index (χ3v) is 4.89. The van der Waals surface area contributed by atoms with Gasteiger partial charge in [-0.2, -0.15) is 0 Å². The van der Waals surface area contributed by atoms with Crippen molar-refractivity contribution in [3.05, 3.63) is 22.8 Å². The van der Waals surface area contributed by atoms with Crippen molar-refractivity contribution >= 4 is 9.84 Å². The molecule has 2 rings (SSSR count). The van der Waals surface area contributed by atoms with Gasteiger partial charge in [0.25, 0.3) is 0 Å². The van der Waals surface area contributed by atoms with Gasteiger partial charge >= 0.3 is 0 Å². The van der Waals surface area contributed by atoms with Gasteiger partial charge in [-0.3, -0.25) is 0 Å².